The highest BCUT2D eigenvalue weighted by atomic mass is 16.6. The minimum atomic E-state index is -0.439. The van der Waals surface area contributed by atoms with Gasteiger partial charge >= 0.3 is 12.0 Å². The number of urea groups is 1. The normalized spacial score (nSPS) is 14.5. The van der Waals surface area contributed by atoms with Crippen molar-refractivity contribution in [2.24, 2.45) is 0 Å². The molecule has 1 atom stereocenters. The minimum absolute atomic E-state index is 0.00875. The van der Waals surface area contributed by atoms with Crippen LogP contribution in [0.25, 0.3) is 0 Å². The van der Waals surface area contributed by atoms with Gasteiger partial charge in [-0.25, -0.2) is 9.59 Å². The lowest BCUT2D eigenvalue weighted by Gasteiger charge is -2.36. The molecule has 2 amide bonds. The molecule has 3 aromatic carbocycles. The number of nitrogens with one attached hydrogen (secondary N) is 1. The summed E-state index contributed by atoms with van der Waals surface area (Å²) < 4.78 is 5.01. The first kappa shape index (κ1) is 23.9. The molecule has 0 aromatic heterocycles. The molecule has 8 nitrogen and oxygen atoms in total. The zero-order valence-electron chi connectivity index (χ0n) is 19.5. The SMILES string of the molecule is CCOC(=O)c1ccc(NC(=O)N(Cc2ccc([N+](=O)[O-])cc2)C2CCCc3ccccc32)cc1. The van der Waals surface area contributed by atoms with Crippen LogP contribution in [0.4, 0.5) is 16.2 Å². The molecule has 0 saturated heterocycles. The number of nitro benzene ring substituents is 1. The number of amides is 2. The van der Waals surface area contributed by atoms with Crippen molar-refractivity contribution < 1.29 is 19.2 Å². The third-order valence-electron chi connectivity index (χ3n) is 6.12. The summed E-state index contributed by atoms with van der Waals surface area (Å²) in [5.41, 5.74) is 4.12. The van der Waals surface area contributed by atoms with Crippen molar-refractivity contribution in [3.05, 3.63) is 105 Å². The standard InChI is InChI=1S/C27H27N3O5/c1-2-35-26(31)21-12-14-22(15-13-21)28-27(32)29(18-19-10-16-23(17-11-19)30(33)34)25-9-5-7-20-6-3-4-8-24(20)25/h3-4,6,8,10-17,25H,2,5,7,9,18H2,1H3,(H,28,32). The van der Waals surface area contributed by atoms with Gasteiger partial charge in [0.25, 0.3) is 5.69 Å². The van der Waals surface area contributed by atoms with E-state index in [1.165, 1.54) is 17.7 Å². The fraction of sp³-hybridized carbons (Fsp3) is 0.259. The van der Waals surface area contributed by atoms with E-state index < -0.39 is 10.9 Å². The van der Waals surface area contributed by atoms with Gasteiger partial charge < -0.3 is 15.0 Å². The number of anilines is 1. The lowest BCUT2D eigenvalue weighted by atomic mass is 9.86. The average molecular weight is 474 g/mol. The first-order valence-corrected chi connectivity index (χ1v) is 11.6. The Morgan fingerprint density at radius 1 is 1.06 bits per heavy atom. The Morgan fingerprint density at radius 3 is 2.46 bits per heavy atom. The molecule has 0 aliphatic heterocycles. The van der Waals surface area contributed by atoms with E-state index in [9.17, 15) is 19.7 Å². The van der Waals surface area contributed by atoms with Crippen LogP contribution in [-0.2, 0) is 17.7 Å². The molecule has 0 fully saturated rings. The molecule has 0 heterocycles. The molecule has 0 bridgehead atoms. The molecular formula is C27H27N3O5. The second-order valence-corrected chi connectivity index (χ2v) is 8.39. The third-order valence-corrected chi connectivity index (χ3v) is 6.12. The second-order valence-electron chi connectivity index (χ2n) is 8.39. The van der Waals surface area contributed by atoms with Crippen LogP contribution in [0.15, 0.2) is 72.8 Å². The Hall–Kier alpha value is -4.20. The summed E-state index contributed by atoms with van der Waals surface area (Å²) in [7, 11) is 0. The average Bonchev–Trinajstić information content (AvgIpc) is 2.88. The fourth-order valence-corrected chi connectivity index (χ4v) is 4.39. The predicted octanol–water partition coefficient (Wildman–Crippen LogP) is 5.88. The zero-order valence-corrected chi connectivity index (χ0v) is 19.5. The largest absolute Gasteiger partial charge is 0.462 e. The second kappa shape index (κ2) is 10.8. The minimum Gasteiger partial charge on any atom is -0.462 e. The van der Waals surface area contributed by atoms with Gasteiger partial charge in [0.1, 0.15) is 0 Å². The van der Waals surface area contributed by atoms with Crippen LogP contribution in [0.5, 0.6) is 0 Å². The Labute approximate surface area is 203 Å². The van der Waals surface area contributed by atoms with Gasteiger partial charge in [-0.05, 0) is 67.1 Å². The van der Waals surface area contributed by atoms with Crippen molar-refractivity contribution >= 4 is 23.4 Å². The molecule has 1 N–H and O–H groups in total. The summed E-state index contributed by atoms with van der Waals surface area (Å²) in [5.74, 6) is -0.413. The zero-order chi connectivity index (χ0) is 24.8. The summed E-state index contributed by atoms with van der Waals surface area (Å²) in [6.07, 6.45) is 2.74. The van der Waals surface area contributed by atoms with E-state index in [2.05, 4.69) is 17.4 Å². The summed E-state index contributed by atoms with van der Waals surface area (Å²) in [4.78, 5) is 37.8. The van der Waals surface area contributed by atoms with Gasteiger partial charge in [0.15, 0.2) is 0 Å². The van der Waals surface area contributed by atoms with E-state index in [4.69, 9.17) is 4.74 Å². The molecule has 8 heteroatoms. The predicted molar refractivity (Wildman–Crippen MR) is 132 cm³/mol. The van der Waals surface area contributed by atoms with Crippen LogP contribution >= 0.6 is 0 Å². The first-order valence-electron chi connectivity index (χ1n) is 11.6. The summed E-state index contributed by atoms with van der Waals surface area (Å²) >= 11 is 0. The number of hydrogen-bond donors (Lipinski definition) is 1. The van der Waals surface area contributed by atoms with Gasteiger partial charge in [-0.3, -0.25) is 10.1 Å². The number of non-ortho nitro benzene ring substituents is 1. The number of carbonyl (C=O) groups excluding carboxylic acids is 2. The lowest BCUT2D eigenvalue weighted by molar-refractivity contribution is -0.384. The number of esters is 1. The number of nitrogens with zero attached hydrogens (tertiary/aromatic N) is 2. The molecule has 0 radical (unpaired) electrons. The maximum Gasteiger partial charge on any atom is 0.338 e. The lowest BCUT2D eigenvalue weighted by Crippen LogP contribution is -2.39. The number of hydrogen-bond acceptors (Lipinski definition) is 5. The molecule has 0 saturated carbocycles. The maximum atomic E-state index is 13.5. The smallest absolute Gasteiger partial charge is 0.338 e. The number of benzene rings is 3. The topological polar surface area (TPSA) is 102 Å². The molecule has 4 rings (SSSR count). The van der Waals surface area contributed by atoms with Gasteiger partial charge in [-0.2, -0.15) is 0 Å². The summed E-state index contributed by atoms with van der Waals surface area (Å²) in [6.45, 7) is 2.33. The number of ether oxygens (including phenoxy) is 1. The quantitative estimate of drug-likeness (QED) is 0.262. The van der Waals surface area contributed by atoms with E-state index >= 15 is 0 Å². The highest BCUT2D eigenvalue weighted by Gasteiger charge is 2.29. The highest BCUT2D eigenvalue weighted by Crippen LogP contribution is 2.35. The van der Waals surface area contributed by atoms with E-state index in [0.717, 1.165) is 30.4 Å². The van der Waals surface area contributed by atoms with E-state index in [1.807, 2.05) is 12.1 Å². The maximum absolute atomic E-state index is 13.5. The van der Waals surface area contributed by atoms with Gasteiger partial charge in [-0.1, -0.05) is 36.4 Å². The third kappa shape index (κ3) is 5.66. The van der Waals surface area contributed by atoms with Crippen LogP contribution in [0.3, 0.4) is 0 Å². The summed E-state index contributed by atoms with van der Waals surface area (Å²) in [6, 6.07) is 20.6. The highest BCUT2D eigenvalue weighted by molar-refractivity contribution is 5.92. The van der Waals surface area contributed by atoms with Crippen molar-refractivity contribution in [2.75, 3.05) is 11.9 Å². The number of fused-ring (bicyclic) bond motifs is 1. The molecular weight excluding hydrogens is 446 g/mol. The van der Waals surface area contributed by atoms with Gasteiger partial charge in [0.2, 0.25) is 0 Å². The van der Waals surface area contributed by atoms with Gasteiger partial charge in [0, 0.05) is 24.4 Å². The molecule has 3 aromatic rings. The Kier molecular flexibility index (Phi) is 7.40. The number of aryl methyl sites for hydroxylation is 1. The fourth-order valence-electron chi connectivity index (χ4n) is 4.39. The van der Waals surface area contributed by atoms with Crippen LogP contribution < -0.4 is 5.32 Å². The molecule has 180 valence electrons. The van der Waals surface area contributed by atoms with Crippen LogP contribution in [0.1, 0.15) is 52.9 Å². The van der Waals surface area contributed by atoms with Crippen molar-refractivity contribution in [2.45, 2.75) is 38.8 Å². The first-order chi connectivity index (χ1) is 17.0. The number of rotatable bonds is 7. The van der Waals surface area contributed by atoms with E-state index in [0.29, 0.717) is 17.8 Å². The van der Waals surface area contributed by atoms with Crippen molar-refractivity contribution in [1.82, 2.24) is 4.90 Å². The Bertz CT molecular complexity index is 1210. The molecule has 0 spiro atoms. The van der Waals surface area contributed by atoms with Crippen molar-refractivity contribution in [3.8, 4) is 0 Å². The van der Waals surface area contributed by atoms with Gasteiger partial charge in [-0.15, -0.1) is 0 Å². The Balaban J connectivity index is 1.59. The van der Waals surface area contributed by atoms with Crippen LogP contribution in [-0.4, -0.2) is 28.4 Å². The van der Waals surface area contributed by atoms with E-state index in [1.54, 1.807) is 48.2 Å². The molecule has 1 aliphatic rings. The molecule has 35 heavy (non-hydrogen) atoms. The van der Waals surface area contributed by atoms with Crippen LogP contribution in [0, 0.1) is 10.1 Å². The van der Waals surface area contributed by atoms with Crippen molar-refractivity contribution in [1.29, 1.82) is 0 Å². The number of carbonyl (C=O) groups is 2. The molecule has 1 unspecified atom stereocenters. The molecule has 1 aliphatic carbocycles. The van der Waals surface area contributed by atoms with Crippen LogP contribution in [0.2, 0.25) is 0 Å². The monoisotopic (exact) mass is 473 g/mol. The van der Waals surface area contributed by atoms with Crippen molar-refractivity contribution in [3.63, 3.8) is 0 Å². The summed E-state index contributed by atoms with van der Waals surface area (Å²) in [5, 5.41) is 14.0. The van der Waals surface area contributed by atoms with Gasteiger partial charge in [0.05, 0.1) is 23.1 Å². The van der Waals surface area contributed by atoms with E-state index in [-0.39, 0.29) is 24.4 Å². The Morgan fingerprint density at radius 2 is 1.77 bits per heavy atom. The number of nitro groups is 1.